The van der Waals surface area contributed by atoms with Crippen molar-refractivity contribution in [3.63, 3.8) is 0 Å². The fourth-order valence-corrected chi connectivity index (χ4v) is 4.93. The number of halogens is 2. The molecule has 11 heteroatoms. The predicted molar refractivity (Wildman–Crippen MR) is 158 cm³/mol. The van der Waals surface area contributed by atoms with Crippen molar-refractivity contribution in [2.45, 2.75) is 25.8 Å². The molecule has 3 N–H and O–H groups in total. The van der Waals surface area contributed by atoms with Crippen molar-refractivity contribution in [1.82, 2.24) is 30.1 Å². The third kappa shape index (κ3) is 8.68. The lowest BCUT2D eigenvalue weighted by Gasteiger charge is -2.34. The summed E-state index contributed by atoms with van der Waals surface area (Å²) in [4.78, 5) is 31.1. The van der Waals surface area contributed by atoms with Gasteiger partial charge in [0.25, 0.3) is 0 Å². The predicted octanol–water partition coefficient (Wildman–Crippen LogP) is 3.92. The molecule has 0 unspecified atom stereocenters. The van der Waals surface area contributed by atoms with Gasteiger partial charge < -0.3 is 20.6 Å². The molecular formula is C28H35BrClN7O2. The molecular weight excluding hydrogens is 582 g/mol. The monoisotopic (exact) mass is 615 g/mol. The van der Waals surface area contributed by atoms with Crippen LogP contribution in [-0.4, -0.2) is 88.2 Å². The highest BCUT2D eigenvalue weighted by atomic mass is 79.9. The van der Waals surface area contributed by atoms with Crippen LogP contribution in [-0.2, 0) is 4.79 Å². The topological polar surface area (TPSA) is 107 Å². The number of aliphatic hydroxyl groups is 1. The Hall–Kier alpha value is -2.63. The Morgan fingerprint density at radius 1 is 1.08 bits per heavy atom. The van der Waals surface area contributed by atoms with Gasteiger partial charge in [-0.15, -0.1) is 0 Å². The molecule has 4 rings (SSSR count). The first-order valence-electron chi connectivity index (χ1n) is 13.2. The van der Waals surface area contributed by atoms with Crippen LogP contribution in [0.1, 0.15) is 30.1 Å². The van der Waals surface area contributed by atoms with Crippen LogP contribution in [0.4, 0.5) is 5.82 Å². The van der Waals surface area contributed by atoms with Crippen molar-refractivity contribution >= 4 is 39.3 Å². The largest absolute Gasteiger partial charge is 0.395 e. The maximum Gasteiger partial charge on any atom is 0.220 e. The van der Waals surface area contributed by atoms with Crippen molar-refractivity contribution in [1.29, 1.82) is 0 Å². The molecule has 208 valence electrons. The van der Waals surface area contributed by atoms with Crippen LogP contribution in [0.15, 0.2) is 53.1 Å². The summed E-state index contributed by atoms with van der Waals surface area (Å²) < 4.78 is 0.873. The second-order valence-corrected chi connectivity index (χ2v) is 10.9. The van der Waals surface area contributed by atoms with E-state index in [1.807, 2.05) is 49.4 Å². The first-order chi connectivity index (χ1) is 18.9. The first kappa shape index (κ1) is 29.4. The van der Waals surface area contributed by atoms with E-state index in [1.54, 1.807) is 6.20 Å². The van der Waals surface area contributed by atoms with Gasteiger partial charge >= 0.3 is 0 Å². The number of carbonyl (C=O) groups excluding carboxylic acids is 1. The van der Waals surface area contributed by atoms with Gasteiger partial charge in [-0.2, -0.15) is 0 Å². The number of aromatic nitrogens is 3. The second kappa shape index (κ2) is 14.7. The van der Waals surface area contributed by atoms with Gasteiger partial charge in [-0.25, -0.2) is 9.97 Å². The number of amides is 1. The molecule has 1 saturated heterocycles. The summed E-state index contributed by atoms with van der Waals surface area (Å²) in [6, 6.07) is 13.4. The van der Waals surface area contributed by atoms with E-state index in [0.29, 0.717) is 41.0 Å². The number of hydrogen-bond donors (Lipinski definition) is 3. The number of aryl methyl sites for hydroxylation is 1. The van der Waals surface area contributed by atoms with Gasteiger partial charge in [0.2, 0.25) is 5.91 Å². The van der Waals surface area contributed by atoms with E-state index in [4.69, 9.17) is 16.7 Å². The lowest BCUT2D eigenvalue weighted by molar-refractivity contribution is -0.122. The molecule has 0 radical (unpaired) electrons. The van der Waals surface area contributed by atoms with Gasteiger partial charge in [0, 0.05) is 56.4 Å². The zero-order valence-electron chi connectivity index (χ0n) is 22.1. The van der Waals surface area contributed by atoms with E-state index < -0.39 is 0 Å². The van der Waals surface area contributed by atoms with Crippen LogP contribution in [0.25, 0.3) is 11.5 Å². The Morgan fingerprint density at radius 3 is 2.46 bits per heavy atom. The van der Waals surface area contributed by atoms with Crippen LogP contribution in [0, 0.1) is 6.92 Å². The van der Waals surface area contributed by atoms with E-state index in [-0.39, 0.29) is 18.6 Å². The van der Waals surface area contributed by atoms with E-state index in [0.717, 1.165) is 55.7 Å². The molecule has 39 heavy (non-hydrogen) atoms. The average molecular weight is 617 g/mol. The van der Waals surface area contributed by atoms with E-state index in [1.165, 1.54) is 0 Å². The van der Waals surface area contributed by atoms with Crippen LogP contribution in [0.3, 0.4) is 0 Å². The maximum absolute atomic E-state index is 12.9. The lowest BCUT2D eigenvalue weighted by atomic mass is 10.1. The second-order valence-electron chi connectivity index (χ2n) is 9.58. The molecule has 0 saturated carbocycles. The molecule has 1 aliphatic rings. The minimum Gasteiger partial charge on any atom is -0.395 e. The molecule has 1 aliphatic heterocycles. The van der Waals surface area contributed by atoms with Gasteiger partial charge in [-0.3, -0.25) is 14.7 Å². The quantitative estimate of drug-likeness (QED) is 0.281. The Balaban J connectivity index is 1.36. The van der Waals surface area contributed by atoms with Crippen molar-refractivity contribution in [2.75, 3.05) is 57.7 Å². The molecule has 9 nitrogen and oxygen atoms in total. The first-order valence-corrected chi connectivity index (χ1v) is 14.4. The minimum absolute atomic E-state index is 0.00860. The van der Waals surface area contributed by atoms with Crippen molar-refractivity contribution in [3.05, 3.63) is 69.4 Å². The van der Waals surface area contributed by atoms with Gasteiger partial charge in [0.05, 0.1) is 18.3 Å². The Kier molecular flexibility index (Phi) is 11.0. The molecule has 1 amide bonds. The van der Waals surface area contributed by atoms with Gasteiger partial charge in [0.15, 0.2) is 5.82 Å². The zero-order valence-corrected chi connectivity index (χ0v) is 24.5. The fourth-order valence-electron chi connectivity index (χ4n) is 4.54. The standard InChI is InChI=1S/C28H35BrClN7O2/c1-20-26(30)28(35-27(33-20)23-10-9-22(29)18-31-23)32-19-24(21-6-3-2-4-7-21)34-25(39)8-5-11-36-12-14-37(15-13-36)16-17-38/h2-4,6-7,9-10,18,24,38H,5,8,11-17,19H2,1H3,(H,34,39)(H,32,33,35)/t24-/m0/s1. The molecule has 0 aliphatic carbocycles. The molecule has 0 bridgehead atoms. The molecule has 1 atom stereocenters. The summed E-state index contributed by atoms with van der Waals surface area (Å²) in [6.07, 6.45) is 2.95. The molecule has 2 aromatic heterocycles. The zero-order chi connectivity index (χ0) is 27.6. The maximum atomic E-state index is 12.9. The number of benzene rings is 1. The normalized spacial score (nSPS) is 15.2. The Labute approximate surface area is 243 Å². The number of carbonyl (C=O) groups is 1. The Morgan fingerprint density at radius 2 is 1.79 bits per heavy atom. The summed E-state index contributed by atoms with van der Waals surface area (Å²) >= 11 is 9.96. The molecule has 3 heterocycles. The Bertz CT molecular complexity index is 1210. The summed E-state index contributed by atoms with van der Waals surface area (Å²) in [7, 11) is 0. The number of β-amino-alcohol motifs (C(OH)–C–C–N with tert-alkyl or cyclic N) is 1. The van der Waals surface area contributed by atoms with Crippen LogP contribution < -0.4 is 10.6 Å². The smallest absolute Gasteiger partial charge is 0.220 e. The fraction of sp³-hybridized carbons (Fsp3) is 0.429. The number of piperazine rings is 1. The van der Waals surface area contributed by atoms with E-state index >= 15 is 0 Å². The van der Waals surface area contributed by atoms with Crippen molar-refractivity contribution in [3.8, 4) is 11.5 Å². The summed E-state index contributed by atoms with van der Waals surface area (Å²) in [5.41, 5.74) is 2.28. The SMILES string of the molecule is Cc1nc(-c2ccc(Br)cn2)nc(NC[C@H](NC(=O)CCCN2CCN(CCO)CC2)c2ccccc2)c1Cl. The molecule has 0 spiro atoms. The van der Waals surface area contributed by atoms with Gasteiger partial charge in [0.1, 0.15) is 16.5 Å². The van der Waals surface area contributed by atoms with Crippen LogP contribution in [0.2, 0.25) is 5.02 Å². The molecule has 3 aromatic rings. The number of anilines is 1. The van der Waals surface area contributed by atoms with E-state index in [9.17, 15) is 4.79 Å². The number of hydrogen-bond acceptors (Lipinski definition) is 8. The average Bonchev–Trinajstić information content (AvgIpc) is 2.95. The lowest BCUT2D eigenvalue weighted by Crippen LogP contribution is -2.47. The van der Waals surface area contributed by atoms with Crippen molar-refractivity contribution in [2.24, 2.45) is 0 Å². The van der Waals surface area contributed by atoms with Crippen LogP contribution >= 0.6 is 27.5 Å². The highest BCUT2D eigenvalue weighted by Gasteiger charge is 2.19. The highest BCUT2D eigenvalue weighted by molar-refractivity contribution is 9.10. The minimum atomic E-state index is -0.263. The van der Waals surface area contributed by atoms with Crippen LogP contribution in [0.5, 0.6) is 0 Å². The summed E-state index contributed by atoms with van der Waals surface area (Å²) in [6.45, 7) is 7.91. The number of nitrogens with one attached hydrogen (secondary N) is 2. The number of rotatable bonds is 12. The third-order valence-electron chi connectivity index (χ3n) is 6.74. The molecule has 1 fully saturated rings. The number of aliphatic hydroxyl groups excluding tert-OH is 1. The van der Waals surface area contributed by atoms with Crippen molar-refractivity contribution < 1.29 is 9.90 Å². The van der Waals surface area contributed by atoms with Gasteiger partial charge in [-0.1, -0.05) is 41.9 Å². The summed E-state index contributed by atoms with van der Waals surface area (Å²) in [5.74, 6) is 0.984. The number of nitrogens with zero attached hydrogens (tertiary/aromatic N) is 5. The molecule has 1 aromatic carbocycles. The highest BCUT2D eigenvalue weighted by Crippen LogP contribution is 2.27. The van der Waals surface area contributed by atoms with Gasteiger partial charge in [-0.05, 0) is 53.5 Å². The summed E-state index contributed by atoms with van der Waals surface area (Å²) in [5, 5.41) is 16.1. The number of pyridine rings is 1. The van der Waals surface area contributed by atoms with E-state index in [2.05, 4.69) is 51.3 Å². The third-order valence-corrected chi connectivity index (χ3v) is 7.67.